The third-order valence-corrected chi connectivity index (χ3v) is 5.85. The summed E-state index contributed by atoms with van der Waals surface area (Å²) in [6.45, 7) is 1.84. The van der Waals surface area contributed by atoms with Gasteiger partial charge in [-0.15, -0.1) is 11.3 Å². The largest absolute Gasteiger partial charge is 0.465 e. The number of fused-ring (bicyclic) bond motifs is 1. The van der Waals surface area contributed by atoms with Crippen molar-refractivity contribution in [1.29, 1.82) is 0 Å². The van der Waals surface area contributed by atoms with Gasteiger partial charge in [-0.05, 0) is 54.0 Å². The number of hydrogen-bond acceptors (Lipinski definition) is 2. The molecule has 6 heteroatoms. The zero-order chi connectivity index (χ0) is 17.4. The molecule has 4 rings (SSSR count). The molecule has 0 aliphatic carbocycles. The topological polar surface area (TPSA) is 45.5 Å². The molecule has 2 aromatic heterocycles. The van der Waals surface area contributed by atoms with Gasteiger partial charge in [0.25, 0.3) is 0 Å². The van der Waals surface area contributed by atoms with Gasteiger partial charge >= 0.3 is 6.09 Å². The van der Waals surface area contributed by atoms with Crippen LogP contribution in [0, 0.1) is 5.82 Å². The number of rotatable bonds is 3. The van der Waals surface area contributed by atoms with E-state index in [1.54, 1.807) is 17.4 Å². The second-order valence-corrected chi connectivity index (χ2v) is 7.53. The van der Waals surface area contributed by atoms with Crippen molar-refractivity contribution in [2.75, 3.05) is 13.1 Å². The summed E-state index contributed by atoms with van der Waals surface area (Å²) >= 11 is 1.69. The van der Waals surface area contributed by atoms with Crippen molar-refractivity contribution in [2.24, 2.45) is 0 Å². The van der Waals surface area contributed by atoms with Crippen molar-refractivity contribution in [2.45, 2.75) is 25.3 Å². The fourth-order valence-electron chi connectivity index (χ4n) is 3.70. The van der Waals surface area contributed by atoms with Crippen molar-refractivity contribution in [3.05, 3.63) is 58.2 Å². The normalized spacial score (nSPS) is 15.8. The predicted molar refractivity (Wildman–Crippen MR) is 96.9 cm³/mol. The van der Waals surface area contributed by atoms with Gasteiger partial charge < -0.3 is 14.6 Å². The first-order valence-corrected chi connectivity index (χ1v) is 9.28. The molecule has 1 aromatic carbocycles. The number of amides is 1. The van der Waals surface area contributed by atoms with Gasteiger partial charge in [0.1, 0.15) is 5.82 Å². The van der Waals surface area contributed by atoms with Crippen molar-refractivity contribution in [3.63, 3.8) is 0 Å². The van der Waals surface area contributed by atoms with E-state index in [2.05, 4.69) is 16.8 Å². The third-order valence-electron chi connectivity index (χ3n) is 4.99. The van der Waals surface area contributed by atoms with E-state index < -0.39 is 6.09 Å². The Hall–Kier alpha value is -2.34. The predicted octanol–water partition coefficient (Wildman–Crippen LogP) is 4.75. The van der Waals surface area contributed by atoms with Crippen LogP contribution in [0.4, 0.5) is 9.18 Å². The molecule has 1 N–H and O–H groups in total. The molecule has 1 aliphatic heterocycles. The standard InChI is InChI=1S/C19H19FN2O2S/c20-14-3-4-16-17(13-5-7-21(8-6-13)19(23)24)12-22(18(16)10-14)11-15-2-1-9-25-15/h1-4,9-10,12-13H,5-8,11H2,(H,23,24). The molecule has 1 fully saturated rings. The van der Waals surface area contributed by atoms with E-state index in [9.17, 15) is 9.18 Å². The second-order valence-electron chi connectivity index (χ2n) is 6.50. The number of carbonyl (C=O) groups is 1. The van der Waals surface area contributed by atoms with Crippen molar-refractivity contribution in [1.82, 2.24) is 9.47 Å². The van der Waals surface area contributed by atoms with Crippen LogP contribution >= 0.6 is 11.3 Å². The van der Waals surface area contributed by atoms with E-state index in [-0.39, 0.29) is 5.82 Å². The van der Waals surface area contributed by atoms with Crippen molar-refractivity contribution < 1.29 is 14.3 Å². The smallest absolute Gasteiger partial charge is 0.407 e. The van der Waals surface area contributed by atoms with E-state index in [0.29, 0.717) is 19.0 Å². The molecule has 0 unspecified atom stereocenters. The average Bonchev–Trinajstić information content (AvgIpc) is 3.24. The highest BCUT2D eigenvalue weighted by Gasteiger charge is 2.26. The monoisotopic (exact) mass is 358 g/mol. The Bertz CT molecular complexity index is 896. The summed E-state index contributed by atoms with van der Waals surface area (Å²) in [6, 6.07) is 9.07. The van der Waals surface area contributed by atoms with Crippen LogP contribution in [0.5, 0.6) is 0 Å². The quantitative estimate of drug-likeness (QED) is 0.734. The number of thiophene rings is 1. The minimum absolute atomic E-state index is 0.231. The second kappa shape index (κ2) is 6.52. The van der Waals surface area contributed by atoms with Gasteiger partial charge in [-0.2, -0.15) is 0 Å². The molecular formula is C19H19FN2O2S. The Morgan fingerprint density at radius 2 is 2.08 bits per heavy atom. The van der Waals surface area contributed by atoms with Crippen LogP contribution in [0.1, 0.15) is 29.2 Å². The zero-order valence-corrected chi connectivity index (χ0v) is 14.5. The lowest BCUT2D eigenvalue weighted by Crippen LogP contribution is -2.36. The highest BCUT2D eigenvalue weighted by molar-refractivity contribution is 7.09. The fraction of sp³-hybridized carbons (Fsp3) is 0.316. The van der Waals surface area contributed by atoms with Crippen LogP contribution in [0.3, 0.4) is 0 Å². The number of piperidine rings is 1. The molecule has 3 heterocycles. The number of nitrogens with zero attached hydrogens (tertiary/aromatic N) is 2. The van der Waals surface area contributed by atoms with Gasteiger partial charge in [0.2, 0.25) is 0 Å². The molecule has 25 heavy (non-hydrogen) atoms. The summed E-state index contributed by atoms with van der Waals surface area (Å²) in [6.07, 6.45) is 2.90. The highest BCUT2D eigenvalue weighted by Crippen LogP contribution is 2.35. The summed E-state index contributed by atoms with van der Waals surface area (Å²) in [5.74, 6) is 0.0819. The molecule has 4 nitrogen and oxygen atoms in total. The van der Waals surface area contributed by atoms with E-state index in [0.717, 1.165) is 30.3 Å². The lowest BCUT2D eigenvalue weighted by Gasteiger charge is -2.29. The Morgan fingerprint density at radius 3 is 2.76 bits per heavy atom. The number of carboxylic acid groups (broad SMARTS) is 1. The average molecular weight is 358 g/mol. The first-order chi connectivity index (χ1) is 12.1. The van der Waals surface area contributed by atoms with Gasteiger partial charge in [-0.3, -0.25) is 0 Å². The van der Waals surface area contributed by atoms with Crippen molar-refractivity contribution in [3.8, 4) is 0 Å². The van der Waals surface area contributed by atoms with Gasteiger partial charge in [0, 0.05) is 29.5 Å². The van der Waals surface area contributed by atoms with E-state index >= 15 is 0 Å². The zero-order valence-electron chi connectivity index (χ0n) is 13.7. The number of likely N-dealkylation sites (tertiary alicyclic amines) is 1. The Kier molecular flexibility index (Phi) is 4.21. The summed E-state index contributed by atoms with van der Waals surface area (Å²) in [7, 11) is 0. The third kappa shape index (κ3) is 3.14. The molecule has 0 bridgehead atoms. The van der Waals surface area contributed by atoms with Gasteiger partial charge in [-0.25, -0.2) is 9.18 Å². The number of benzene rings is 1. The molecule has 130 valence electrons. The Balaban J connectivity index is 1.68. The summed E-state index contributed by atoms with van der Waals surface area (Å²) in [4.78, 5) is 13.8. The molecule has 0 saturated carbocycles. The first-order valence-electron chi connectivity index (χ1n) is 8.40. The maximum absolute atomic E-state index is 13.8. The van der Waals surface area contributed by atoms with Gasteiger partial charge in [0.05, 0.1) is 12.1 Å². The van der Waals surface area contributed by atoms with Gasteiger partial charge in [-0.1, -0.05) is 6.07 Å². The summed E-state index contributed by atoms with van der Waals surface area (Å²) in [5, 5.41) is 12.2. The number of halogens is 1. The fourth-order valence-corrected chi connectivity index (χ4v) is 4.40. The molecular weight excluding hydrogens is 339 g/mol. The van der Waals surface area contributed by atoms with Crippen LogP contribution in [-0.4, -0.2) is 33.8 Å². The number of aromatic nitrogens is 1. The lowest BCUT2D eigenvalue weighted by atomic mass is 9.89. The van der Waals surface area contributed by atoms with E-state index in [1.165, 1.54) is 21.4 Å². The molecule has 1 saturated heterocycles. The molecule has 0 spiro atoms. The van der Waals surface area contributed by atoms with Crippen LogP contribution in [0.2, 0.25) is 0 Å². The molecule has 1 aliphatic rings. The highest BCUT2D eigenvalue weighted by atomic mass is 32.1. The molecule has 3 aromatic rings. The lowest BCUT2D eigenvalue weighted by molar-refractivity contribution is 0.132. The summed E-state index contributed by atoms with van der Waals surface area (Å²) < 4.78 is 15.9. The minimum Gasteiger partial charge on any atom is -0.465 e. The van der Waals surface area contributed by atoms with Crippen LogP contribution < -0.4 is 0 Å². The van der Waals surface area contributed by atoms with Crippen molar-refractivity contribution >= 4 is 28.3 Å². The Morgan fingerprint density at radius 1 is 1.28 bits per heavy atom. The maximum Gasteiger partial charge on any atom is 0.407 e. The minimum atomic E-state index is -0.847. The maximum atomic E-state index is 13.8. The van der Waals surface area contributed by atoms with Crippen LogP contribution in [-0.2, 0) is 6.54 Å². The number of hydrogen-bond donors (Lipinski definition) is 1. The SMILES string of the molecule is O=C(O)N1CCC(c2cn(Cc3cccs3)c3cc(F)ccc23)CC1. The van der Waals surface area contributed by atoms with E-state index in [1.807, 2.05) is 17.5 Å². The van der Waals surface area contributed by atoms with E-state index in [4.69, 9.17) is 5.11 Å². The van der Waals surface area contributed by atoms with Crippen LogP contribution in [0.25, 0.3) is 10.9 Å². The molecule has 0 radical (unpaired) electrons. The molecule has 1 amide bonds. The van der Waals surface area contributed by atoms with Crippen LogP contribution in [0.15, 0.2) is 41.9 Å². The molecule has 0 atom stereocenters. The first kappa shape index (κ1) is 16.1. The Labute approximate surface area is 149 Å². The van der Waals surface area contributed by atoms with Gasteiger partial charge in [0.15, 0.2) is 0 Å². The summed E-state index contributed by atoms with van der Waals surface area (Å²) in [5.41, 5.74) is 2.11.